The second-order valence-corrected chi connectivity index (χ2v) is 8.54. The number of carbonyl (C=O) groups is 1. The first-order valence-corrected chi connectivity index (χ1v) is 11.2. The highest BCUT2D eigenvalue weighted by Crippen LogP contribution is 2.49. The van der Waals surface area contributed by atoms with Crippen molar-refractivity contribution in [2.75, 3.05) is 0 Å². The van der Waals surface area contributed by atoms with Crippen molar-refractivity contribution in [2.45, 2.75) is 11.4 Å². The Morgan fingerprint density at radius 1 is 0.824 bits per heavy atom. The van der Waals surface area contributed by atoms with Crippen molar-refractivity contribution < 1.29 is 19.0 Å². The van der Waals surface area contributed by atoms with Gasteiger partial charge in [-0.1, -0.05) is 91.0 Å². The highest BCUT2D eigenvalue weighted by Gasteiger charge is 2.38. The van der Waals surface area contributed by atoms with Crippen molar-refractivity contribution in [3.05, 3.63) is 147 Å². The monoisotopic (exact) mass is 471 g/mol. The standard InChI is InChI=1S/C27H21NO5S/c29-26(30)25-18-24(28(31)32)17-16-20(25)19-33-34-27(21-10-4-1-5-11-21,22-12-6-2-7-13-22)23-14-8-3-9-15-23/h1-18H,19H2,(H,29,30). The molecule has 0 saturated carbocycles. The largest absolute Gasteiger partial charge is 0.478 e. The lowest BCUT2D eigenvalue weighted by atomic mass is 9.84. The van der Waals surface area contributed by atoms with Crippen LogP contribution in [0.15, 0.2) is 109 Å². The highest BCUT2D eigenvalue weighted by atomic mass is 32.2. The minimum absolute atomic E-state index is 0.0431. The van der Waals surface area contributed by atoms with E-state index in [2.05, 4.69) is 0 Å². The zero-order chi connectivity index (χ0) is 24.0. The summed E-state index contributed by atoms with van der Waals surface area (Å²) in [5.74, 6) is -1.24. The molecule has 1 N–H and O–H groups in total. The molecule has 0 aromatic heterocycles. The molecule has 0 aliphatic rings. The quantitative estimate of drug-likeness (QED) is 0.131. The van der Waals surface area contributed by atoms with Crippen LogP contribution in [-0.4, -0.2) is 16.0 Å². The van der Waals surface area contributed by atoms with E-state index in [4.69, 9.17) is 4.18 Å². The van der Waals surface area contributed by atoms with E-state index in [9.17, 15) is 20.0 Å². The molecule has 0 aliphatic heterocycles. The summed E-state index contributed by atoms with van der Waals surface area (Å²) in [6, 6.07) is 33.6. The molecule has 0 spiro atoms. The Morgan fingerprint density at radius 2 is 1.29 bits per heavy atom. The molecule has 0 bridgehead atoms. The minimum Gasteiger partial charge on any atom is -0.478 e. The molecule has 34 heavy (non-hydrogen) atoms. The van der Waals surface area contributed by atoms with Gasteiger partial charge in [0.05, 0.1) is 17.1 Å². The third kappa shape index (κ3) is 4.71. The first-order chi connectivity index (χ1) is 16.5. The van der Waals surface area contributed by atoms with Crippen LogP contribution in [0, 0.1) is 10.1 Å². The summed E-state index contributed by atoms with van der Waals surface area (Å²) in [7, 11) is 0. The van der Waals surface area contributed by atoms with Gasteiger partial charge in [-0.05, 0) is 28.3 Å². The average molecular weight is 472 g/mol. The topological polar surface area (TPSA) is 89.7 Å². The number of nitrogens with zero attached hydrogens (tertiary/aromatic N) is 1. The van der Waals surface area contributed by atoms with Crippen LogP contribution in [0.3, 0.4) is 0 Å². The summed E-state index contributed by atoms with van der Waals surface area (Å²) in [4.78, 5) is 22.2. The number of nitro groups is 1. The van der Waals surface area contributed by atoms with Crippen molar-refractivity contribution in [1.29, 1.82) is 0 Å². The van der Waals surface area contributed by atoms with Gasteiger partial charge in [-0.25, -0.2) is 4.79 Å². The van der Waals surface area contributed by atoms with Gasteiger partial charge < -0.3 is 9.29 Å². The number of benzene rings is 4. The van der Waals surface area contributed by atoms with E-state index in [1.54, 1.807) is 0 Å². The van der Waals surface area contributed by atoms with E-state index in [0.29, 0.717) is 5.56 Å². The molecule has 0 radical (unpaired) electrons. The zero-order valence-electron chi connectivity index (χ0n) is 18.0. The average Bonchev–Trinajstić information content (AvgIpc) is 2.88. The molecule has 4 aromatic carbocycles. The van der Waals surface area contributed by atoms with E-state index in [-0.39, 0.29) is 17.9 Å². The molecular weight excluding hydrogens is 450 g/mol. The molecule has 0 atom stereocenters. The fourth-order valence-electron chi connectivity index (χ4n) is 3.85. The number of hydrogen-bond acceptors (Lipinski definition) is 5. The highest BCUT2D eigenvalue weighted by molar-refractivity contribution is 7.96. The lowest BCUT2D eigenvalue weighted by Gasteiger charge is -2.34. The van der Waals surface area contributed by atoms with E-state index < -0.39 is 15.6 Å². The number of aromatic carboxylic acids is 1. The van der Waals surface area contributed by atoms with E-state index >= 15 is 0 Å². The lowest BCUT2D eigenvalue weighted by Crippen LogP contribution is -2.26. The summed E-state index contributed by atoms with van der Waals surface area (Å²) in [6.07, 6.45) is 0. The van der Waals surface area contributed by atoms with Crippen molar-refractivity contribution in [3.8, 4) is 0 Å². The molecular formula is C27H21NO5S. The first kappa shape index (κ1) is 23.2. The molecule has 0 saturated heterocycles. The fourth-order valence-corrected chi connectivity index (χ4v) is 4.91. The van der Waals surface area contributed by atoms with Gasteiger partial charge in [-0.2, -0.15) is 0 Å². The Balaban J connectivity index is 1.75. The summed E-state index contributed by atoms with van der Waals surface area (Å²) < 4.78 is 5.39. The van der Waals surface area contributed by atoms with Crippen LogP contribution in [0.4, 0.5) is 5.69 Å². The van der Waals surface area contributed by atoms with E-state index in [1.807, 2.05) is 91.0 Å². The minimum atomic E-state index is -1.24. The number of carboxylic acid groups (broad SMARTS) is 1. The molecule has 4 aromatic rings. The number of carboxylic acids is 1. The van der Waals surface area contributed by atoms with Gasteiger partial charge in [0, 0.05) is 24.2 Å². The lowest BCUT2D eigenvalue weighted by molar-refractivity contribution is -0.384. The van der Waals surface area contributed by atoms with Gasteiger partial charge in [-0.3, -0.25) is 10.1 Å². The van der Waals surface area contributed by atoms with Crippen molar-refractivity contribution >= 4 is 23.7 Å². The second kappa shape index (κ2) is 10.3. The van der Waals surface area contributed by atoms with Gasteiger partial charge >= 0.3 is 5.97 Å². The normalized spacial score (nSPS) is 11.2. The molecule has 7 heteroatoms. The predicted octanol–water partition coefficient (Wildman–Crippen LogP) is 6.45. The maximum atomic E-state index is 11.7. The summed E-state index contributed by atoms with van der Waals surface area (Å²) in [6.45, 7) is -0.0431. The SMILES string of the molecule is O=C(O)c1cc([N+](=O)[O-])ccc1COSC(c1ccccc1)(c1ccccc1)c1ccccc1. The van der Waals surface area contributed by atoms with E-state index in [0.717, 1.165) is 22.8 Å². The van der Waals surface area contributed by atoms with Gasteiger partial charge in [-0.15, -0.1) is 0 Å². The van der Waals surface area contributed by atoms with Crippen LogP contribution in [0.1, 0.15) is 32.6 Å². The Labute approximate surface area is 201 Å². The van der Waals surface area contributed by atoms with Crippen molar-refractivity contribution in [1.82, 2.24) is 0 Å². The van der Waals surface area contributed by atoms with Crippen LogP contribution >= 0.6 is 12.0 Å². The van der Waals surface area contributed by atoms with Crippen LogP contribution in [-0.2, 0) is 15.5 Å². The zero-order valence-corrected chi connectivity index (χ0v) is 18.9. The number of non-ortho nitro benzene ring substituents is 1. The fraction of sp³-hybridized carbons (Fsp3) is 0.0741. The summed E-state index contributed by atoms with van der Waals surface area (Å²) in [5.41, 5.74) is 2.92. The summed E-state index contributed by atoms with van der Waals surface area (Å²) in [5, 5.41) is 20.7. The van der Waals surface area contributed by atoms with Gasteiger partial charge in [0.15, 0.2) is 0 Å². The van der Waals surface area contributed by atoms with Crippen molar-refractivity contribution in [2.24, 2.45) is 0 Å². The molecule has 0 amide bonds. The Bertz CT molecular complexity index is 1180. The predicted molar refractivity (Wildman–Crippen MR) is 132 cm³/mol. The maximum absolute atomic E-state index is 11.7. The van der Waals surface area contributed by atoms with E-state index in [1.165, 1.54) is 24.2 Å². The Morgan fingerprint density at radius 3 is 1.71 bits per heavy atom. The van der Waals surface area contributed by atoms with Gasteiger partial charge in [0.1, 0.15) is 4.75 Å². The molecule has 0 heterocycles. The van der Waals surface area contributed by atoms with Crippen LogP contribution in [0.25, 0.3) is 0 Å². The second-order valence-electron chi connectivity index (χ2n) is 7.53. The first-order valence-electron chi connectivity index (χ1n) is 10.5. The molecule has 0 unspecified atom stereocenters. The maximum Gasteiger partial charge on any atom is 0.336 e. The third-order valence-electron chi connectivity index (χ3n) is 5.47. The molecule has 6 nitrogen and oxygen atoms in total. The number of hydrogen-bond donors (Lipinski definition) is 1. The third-order valence-corrected chi connectivity index (χ3v) is 6.67. The molecule has 0 fully saturated rings. The molecule has 0 aliphatic carbocycles. The van der Waals surface area contributed by atoms with Crippen LogP contribution < -0.4 is 0 Å². The molecule has 4 rings (SSSR count). The Hall–Kier alpha value is -3.94. The number of rotatable bonds is 9. The number of nitro benzene ring substituents is 1. The smallest absolute Gasteiger partial charge is 0.336 e. The van der Waals surface area contributed by atoms with Gasteiger partial charge in [0.25, 0.3) is 5.69 Å². The molecule has 170 valence electrons. The Kier molecular flexibility index (Phi) is 7.06. The summed E-state index contributed by atoms with van der Waals surface area (Å²) >= 11 is 1.23. The van der Waals surface area contributed by atoms with Crippen LogP contribution in [0.2, 0.25) is 0 Å². The van der Waals surface area contributed by atoms with Crippen molar-refractivity contribution in [3.63, 3.8) is 0 Å². The van der Waals surface area contributed by atoms with Crippen LogP contribution in [0.5, 0.6) is 0 Å². The van der Waals surface area contributed by atoms with Gasteiger partial charge in [0.2, 0.25) is 0 Å².